The SMILES string of the molecule is C[S+](C)O[C@@H]1CN(C(=O)COc2ccc(CNC(=O)c3ccc(CNC(=O)OC(C)(C)C)cc3)cc2)CC1=O. The number of amides is 3. The lowest BCUT2D eigenvalue weighted by Gasteiger charge is -2.19. The molecule has 3 rings (SSSR count). The van der Waals surface area contributed by atoms with E-state index in [1.54, 1.807) is 69.3 Å². The van der Waals surface area contributed by atoms with E-state index in [2.05, 4.69) is 10.6 Å². The van der Waals surface area contributed by atoms with Crippen molar-refractivity contribution in [2.45, 2.75) is 45.6 Å². The van der Waals surface area contributed by atoms with Gasteiger partial charge in [0.05, 0.1) is 13.1 Å². The number of Topliss-reactive ketones (excluding diaryl/α,β-unsaturated/α-hetero) is 1. The Morgan fingerprint density at radius 2 is 1.54 bits per heavy atom. The molecule has 1 saturated heterocycles. The molecule has 1 aliphatic rings. The average molecular weight is 559 g/mol. The summed E-state index contributed by atoms with van der Waals surface area (Å²) in [5.41, 5.74) is 1.63. The molecule has 0 aliphatic carbocycles. The topological polar surface area (TPSA) is 123 Å². The number of benzene rings is 2. The second kappa shape index (κ2) is 13.5. The molecule has 39 heavy (non-hydrogen) atoms. The van der Waals surface area contributed by atoms with Gasteiger partial charge >= 0.3 is 6.09 Å². The second-order valence-electron chi connectivity index (χ2n) is 10.2. The van der Waals surface area contributed by atoms with Gasteiger partial charge in [-0.25, -0.2) is 4.79 Å². The first kappa shape index (κ1) is 30.0. The van der Waals surface area contributed by atoms with Crippen molar-refractivity contribution >= 4 is 34.9 Å². The highest BCUT2D eigenvalue weighted by Crippen LogP contribution is 2.15. The molecule has 0 unspecified atom stereocenters. The standard InChI is InChI=1S/C28H35N3O7S/c1-28(2,3)37-27(35)30-15-19-6-10-21(11-7-19)26(34)29-14-20-8-12-22(13-9-20)36-18-25(33)31-16-23(32)24(17-31)38-39(4)5/h6-13,24H,14-18H2,1-5H3,(H-,29,30,34,35)/p+1/t24-/m1/s1. The molecule has 0 aromatic heterocycles. The van der Waals surface area contributed by atoms with Gasteiger partial charge in [-0.1, -0.05) is 24.3 Å². The Labute approximate surface area is 231 Å². The van der Waals surface area contributed by atoms with Crippen molar-refractivity contribution in [3.63, 3.8) is 0 Å². The summed E-state index contributed by atoms with van der Waals surface area (Å²) in [6.07, 6.45) is 2.69. The molecular weight excluding hydrogens is 522 g/mol. The number of ether oxygens (including phenoxy) is 2. The van der Waals surface area contributed by atoms with Crippen LogP contribution in [0.3, 0.4) is 0 Å². The number of hydrogen-bond acceptors (Lipinski definition) is 7. The number of nitrogens with zero attached hydrogens (tertiary/aromatic N) is 1. The van der Waals surface area contributed by atoms with Crippen LogP contribution in [0.1, 0.15) is 42.3 Å². The largest absolute Gasteiger partial charge is 0.484 e. The number of likely N-dealkylation sites (tertiary alicyclic amines) is 1. The van der Waals surface area contributed by atoms with Gasteiger partial charge in [0.25, 0.3) is 11.8 Å². The summed E-state index contributed by atoms with van der Waals surface area (Å²) in [7, 11) is 0. The highest BCUT2D eigenvalue weighted by atomic mass is 32.2. The first-order valence-electron chi connectivity index (χ1n) is 12.5. The Hall–Kier alpha value is -3.57. The third kappa shape index (κ3) is 9.92. The highest BCUT2D eigenvalue weighted by molar-refractivity contribution is 7.91. The van der Waals surface area contributed by atoms with Crippen molar-refractivity contribution in [2.24, 2.45) is 0 Å². The average Bonchev–Trinajstić information content (AvgIpc) is 3.24. The summed E-state index contributed by atoms with van der Waals surface area (Å²) < 4.78 is 16.4. The van der Waals surface area contributed by atoms with Crippen LogP contribution in [0.2, 0.25) is 0 Å². The van der Waals surface area contributed by atoms with Crippen LogP contribution in [0.5, 0.6) is 5.75 Å². The first-order chi connectivity index (χ1) is 18.4. The van der Waals surface area contributed by atoms with E-state index < -0.39 is 17.8 Å². The molecule has 0 bridgehead atoms. The Morgan fingerprint density at radius 3 is 2.13 bits per heavy atom. The van der Waals surface area contributed by atoms with Gasteiger partial charge in [-0.15, -0.1) is 0 Å². The molecule has 2 N–H and O–H groups in total. The second-order valence-corrected chi connectivity index (χ2v) is 11.9. The van der Waals surface area contributed by atoms with Gasteiger partial charge < -0.3 is 25.0 Å². The minimum absolute atomic E-state index is 0.0361. The molecule has 11 heteroatoms. The summed E-state index contributed by atoms with van der Waals surface area (Å²) >= 11 is -0.345. The van der Waals surface area contributed by atoms with E-state index in [0.717, 1.165) is 11.1 Å². The molecule has 1 fully saturated rings. The maximum atomic E-state index is 12.5. The molecule has 0 radical (unpaired) electrons. The molecule has 0 saturated carbocycles. The molecular formula is C28H36N3O7S+. The fraction of sp³-hybridized carbons (Fsp3) is 0.429. The maximum Gasteiger partial charge on any atom is 0.407 e. The zero-order valence-corrected chi connectivity index (χ0v) is 23.8. The van der Waals surface area contributed by atoms with Gasteiger partial charge in [0, 0.05) is 18.7 Å². The number of ketones is 1. The van der Waals surface area contributed by atoms with E-state index in [4.69, 9.17) is 13.7 Å². The lowest BCUT2D eigenvalue weighted by Crippen LogP contribution is -2.34. The molecule has 2 aromatic rings. The summed E-state index contributed by atoms with van der Waals surface area (Å²) in [5, 5.41) is 5.55. The minimum atomic E-state index is -0.569. The van der Waals surface area contributed by atoms with Crippen LogP contribution in [0.15, 0.2) is 48.5 Å². The van der Waals surface area contributed by atoms with Crippen molar-refractivity contribution in [3.8, 4) is 5.75 Å². The quantitative estimate of drug-likeness (QED) is 0.430. The number of carbonyl (C=O) groups is 4. The van der Waals surface area contributed by atoms with Gasteiger partial charge in [0.2, 0.25) is 0 Å². The predicted octanol–water partition coefficient (Wildman–Crippen LogP) is 2.61. The molecule has 1 atom stereocenters. The van der Waals surface area contributed by atoms with Gasteiger partial charge in [0.1, 0.15) is 35.0 Å². The van der Waals surface area contributed by atoms with Crippen LogP contribution >= 0.6 is 0 Å². The van der Waals surface area contributed by atoms with Crippen molar-refractivity contribution in [2.75, 3.05) is 32.2 Å². The number of hydrogen-bond donors (Lipinski definition) is 2. The summed E-state index contributed by atoms with van der Waals surface area (Å²) in [6, 6.07) is 14.0. The Balaban J connectivity index is 1.40. The Bertz CT molecular complexity index is 1160. The normalized spacial score (nSPS) is 15.3. The lowest BCUT2D eigenvalue weighted by molar-refractivity contribution is -0.133. The summed E-state index contributed by atoms with van der Waals surface area (Å²) in [5.74, 6) is -0.0874. The zero-order chi connectivity index (χ0) is 28.6. The minimum Gasteiger partial charge on any atom is -0.484 e. The van der Waals surface area contributed by atoms with Crippen molar-refractivity contribution in [1.29, 1.82) is 0 Å². The number of rotatable bonds is 10. The van der Waals surface area contributed by atoms with Crippen LogP contribution in [-0.2, 0) is 42.8 Å². The van der Waals surface area contributed by atoms with E-state index in [-0.39, 0.29) is 48.5 Å². The van der Waals surface area contributed by atoms with Gasteiger partial charge in [-0.05, 0) is 56.2 Å². The van der Waals surface area contributed by atoms with E-state index >= 15 is 0 Å². The van der Waals surface area contributed by atoms with E-state index in [0.29, 0.717) is 24.4 Å². The molecule has 210 valence electrons. The lowest BCUT2D eigenvalue weighted by atomic mass is 10.1. The van der Waals surface area contributed by atoms with E-state index in [1.165, 1.54) is 4.90 Å². The van der Waals surface area contributed by atoms with Crippen LogP contribution in [0.4, 0.5) is 4.79 Å². The van der Waals surface area contributed by atoms with Crippen LogP contribution in [0, 0.1) is 0 Å². The van der Waals surface area contributed by atoms with Gasteiger partial charge in [-0.3, -0.25) is 14.4 Å². The highest BCUT2D eigenvalue weighted by Gasteiger charge is 2.38. The third-order valence-electron chi connectivity index (χ3n) is 5.54. The number of nitrogens with one attached hydrogen (secondary N) is 2. The molecule has 1 heterocycles. The number of alkyl carbamates (subject to hydrolysis) is 1. The maximum absolute atomic E-state index is 12.5. The summed E-state index contributed by atoms with van der Waals surface area (Å²) in [4.78, 5) is 50.2. The van der Waals surface area contributed by atoms with Crippen molar-refractivity contribution < 1.29 is 32.8 Å². The van der Waals surface area contributed by atoms with Crippen molar-refractivity contribution in [3.05, 3.63) is 65.2 Å². The summed E-state index contributed by atoms with van der Waals surface area (Å²) in [6.45, 7) is 6.10. The monoisotopic (exact) mass is 558 g/mol. The fourth-order valence-corrected chi connectivity index (χ4v) is 4.28. The van der Waals surface area contributed by atoms with E-state index in [9.17, 15) is 19.2 Å². The Kier molecular flexibility index (Phi) is 10.4. The molecule has 2 aromatic carbocycles. The third-order valence-corrected chi connectivity index (χ3v) is 6.16. The van der Waals surface area contributed by atoms with E-state index in [1.807, 2.05) is 12.5 Å². The first-order valence-corrected chi connectivity index (χ1v) is 14.5. The predicted molar refractivity (Wildman–Crippen MR) is 148 cm³/mol. The molecule has 10 nitrogen and oxygen atoms in total. The van der Waals surface area contributed by atoms with Crippen LogP contribution in [0.25, 0.3) is 0 Å². The smallest absolute Gasteiger partial charge is 0.407 e. The van der Waals surface area contributed by atoms with Crippen LogP contribution < -0.4 is 15.4 Å². The van der Waals surface area contributed by atoms with Crippen molar-refractivity contribution in [1.82, 2.24) is 15.5 Å². The van der Waals surface area contributed by atoms with Gasteiger partial charge in [-0.2, -0.15) is 4.18 Å². The van der Waals surface area contributed by atoms with Gasteiger partial charge in [0.15, 0.2) is 18.5 Å². The van der Waals surface area contributed by atoms with Crippen LogP contribution in [-0.4, -0.2) is 72.5 Å². The molecule has 0 spiro atoms. The molecule has 1 aliphatic heterocycles. The zero-order valence-electron chi connectivity index (χ0n) is 22.9. The number of carbonyl (C=O) groups excluding carboxylic acids is 4. The fourth-order valence-electron chi connectivity index (χ4n) is 3.65. The Morgan fingerprint density at radius 1 is 0.949 bits per heavy atom. The molecule has 3 amide bonds.